The van der Waals surface area contributed by atoms with E-state index in [1.165, 1.54) is 12.1 Å². The van der Waals surface area contributed by atoms with Gasteiger partial charge in [0.25, 0.3) is 0 Å². The van der Waals surface area contributed by atoms with Crippen LogP contribution in [0.25, 0.3) is 0 Å². The highest BCUT2D eigenvalue weighted by molar-refractivity contribution is 7.90. The number of anilines is 1. The number of hydrogen-bond acceptors (Lipinski definition) is 5. The minimum Gasteiger partial charge on any atom is -0.326 e. The summed E-state index contributed by atoms with van der Waals surface area (Å²) >= 11 is 0. The third kappa shape index (κ3) is 5.56. The topological polar surface area (TPSA) is 113 Å². The van der Waals surface area contributed by atoms with Gasteiger partial charge in [-0.05, 0) is 55.9 Å². The van der Waals surface area contributed by atoms with Crippen LogP contribution in [-0.2, 0) is 24.8 Å². The average molecular weight is 444 g/mol. The van der Waals surface area contributed by atoms with Crippen LogP contribution in [0, 0.1) is 11.8 Å². The second-order valence-electron chi connectivity index (χ2n) is 8.11. The summed E-state index contributed by atoms with van der Waals surface area (Å²) in [6.45, 7) is 4.75. The first kappa shape index (κ1) is 22.2. The summed E-state index contributed by atoms with van der Waals surface area (Å²) < 4.78 is 53.8. The average Bonchev–Trinajstić information content (AvgIpc) is 3.53. The van der Waals surface area contributed by atoms with Gasteiger partial charge < -0.3 is 5.32 Å². The summed E-state index contributed by atoms with van der Waals surface area (Å²) in [6.07, 6.45) is 2.80. The Labute approximate surface area is 173 Å². The van der Waals surface area contributed by atoms with E-state index < -0.39 is 20.0 Å². The Hall–Kier alpha value is -1.49. The molecular formula is C19H29N3O5S2. The zero-order chi connectivity index (χ0) is 21.2. The van der Waals surface area contributed by atoms with Crippen molar-refractivity contribution in [2.24, 2.45) is 11.8 Å². The molecule has 0 unspecified atom stereocenters. The minimum absolute atomic E-state index is 0.111. The van der Waals surface area contributed by atoms with E-state index in [0.29, 0.717) is 31.6 Å². The lowest BCUT2D eigenvalue weighted by Gasteiger charge is -2.31. The number of nitrogens with one attached hydrogen (secondary N) is 2. The Morgan fingerprint density at radius 2 is 1.62 bits per heavy atom. The highest BCUT2D eigenvalue weighted by Crippen LogP contribution is 2.33. The molecule has 162 valence electrons. The zero-order valence-corrected chi connectivity index (χ0v) is 18.4. The quantitative estimate of drug-likeness (QED) is 0.636. The van der Waals surface area contributed by atoms with Crippen molar-refractivity contribution in [1.82, 2.24) is 9.03 Å². The van der Waals surface area contributed by atoms with Crippen molar-refractivity contribution in [3.63, 3.8) is 0 Å². The molecule has 0 radical (unpaired) electrons. The summed E-state index contributed by atoms with van der Waals surface area (Å²) in [7, 11) is -6.81. The molecule has 0 aromatic heterocycles. The van der Waals surface area contributed by atoms with E-state index in [-0.39, 0.29) is 34.4 Å². The molecule has 0 bridgehead atoms. The molecule has 1 aromatic carbocycles. The third-order valence-corrected chi connectivity index (χ3v) is 9.24. The third-order valence-electron chi connectivity index (χ3n) is 5.40. The Kier molecular flexibility index (Phi) is 6.67. The summed E-state index contributed by atoms with van der Waals surface area (Å²) in [5.74, 6) is -0.181. The lowest BCUT2D eigenvalue weighted by Crippen LogP contribution is -2.42. The predicted molar refractivity (Wildman–Crippen MR) is 111 cm³/mol. The number of rotatable bonds is 8. The molecule has 1 saturated heterocycles. The molecule has 1 aliphatic carbocycles. The van der Waals surface area contributed by atoms with Crippen LogP contribution >= 0.6 is 0 Å². The SMILES string of the molecule is CC(C)C(=O)Nc1ccc(S(=O)(=O)NCC2CCN(S(=O)(=O)C3CC3)CC2)cc1. The van der Waals surface area contributed by atoms with Crippen molar-refractivity contribution in [1.29, 1.82) is 0 Å². The van der Waals surface area contributed by atoms with E-state index >= 15 is 0 Å². The van der Waals surface area contributed by atoms with E-state index in [1.54, 1.807) is 30.3 Å². The summed E-state index contributed by atoms with van der Waals surface area (Å²) in [6, 6.07) is 6.05. The molecule has 3 rings (SSSR count). The van der Waals surface area contributed by atoms with Crippen molar-refractivity contribution in [3.05, 3.63) is 24.3 Å². The molecule has 1 amide bonds. The summed E-state index contributed by atoms with van der Waals surface area (Å²) in [5.41, 5.74) is 0.548. The number of piperidine rings is 1. The number of carbonyl (C=O) groups is 1. The van der Waals surface area contributed by atoms with Gasteiger partial charge in [0.2, 0.25) is 26.0 Å². The van der Waals surface area contributed by atoms with Gasteiger partial charge in [0, 0.05) is 31.2 Å². The van der Waals surface area contributed by atoms with E-state index in [9.17, 15) is 21.6 Å². The number of sulfonamides is 2. The predicted octanol–water partition coefficient (Wildman–Crippen LogP) is 1.76. The molecule has 1 aromatic rings. The van der Waals surface area contributed by atoms with E-state index in [1.807, 2.05) is 0 Å². The van der Waals surface area contributed by atoms with Crippen molar-refractivity contribution in [2.75, 3.05) is 25.0 Å². The molecule has 2 aliphatic rings. The van der Waals surface area contributed by atoms with Gasteiger partial charge in [0.05, 0.1) is 10.1 Å². The van der Waals surface area contributed by atoms with Gasteiger partial charge in [-0.15, -0.1) is 0 Å². The maximum atomic E-state index is 12.5. The van der Waals surface area contributed by atoms with Gasteiger partial charge in [-0.1, -0.05) is 13.8 Å². The second-order valence-corrected chi connectivity index (χ2v) is 12.1. The van der Waals surface area contributed by atoms with Gasteiger partial charge in [0.1, 0.15) is 0 Å². The van der Waals surface area contributed by atoms with Gasteiger partial charge in [-0.2, -0.15) is 0 Å². The number of nitrogens with zero attached hydrogens (tertiary/aromatic N) is 1. The van der Waals surface area contributed by atoms with E-state index in [4.69, 9.17) is 0 Å². The number of hydrogen-bond donors (Lipinski definition) is 2. The molecule has 8 nitrogen and oxygen atoms in total. The molecule has 2 fully saturated rings. The van der Waals surface area contributed by atoms with Gasteiger partial charge in [-0.25, -0.2) is 25.9 Å². The molecule has 1 heterocycles. The smallest absolute Gasteiger partial charge is 0.240 e. The van der Waals surface area contributed by atoms with Crippen LogP contribution in [0.2, 0.25) is 0 Å². The van der Waals surface area contributed by atoms with Crippen LogP contribution in [0.5, 0.6) is 0 Å². The maximum absolute atomic E-state index is 12.5. The number of amides is 1. The fourth-order valence-electron chi connectivity index (χ4n) is 3.26. The Bertz CT molecular complexity index is 931. The van der Waals surface area contributed by atoms with Crippen LogP contribution < -0.4 is 10.0 Å². The molecule has 1 saturated carbocycles. The van der Waals surface area contributed by atoms with Gasteiger partial charge in [0.15, 0.2) is 0 Å². The summed E-state index contributed by atoms with van der Waals surface area (Å²) in [5, 5.41) is 2.52. The Morgan fingerprint density at radius 3 is 2.14 bits per heavy atom. The largest absolute Gasteiger partial charge is 0.326 e. The standard InChI is InChI=1S/C19H29N3O5S2/c1-14(2)19(23)21-16-3-5-17(6-4-16)28(24,25)20-13-15-9-11-22(12-10-15)29(26,27)18-7-8-18/h3-6,14-15,18,20H,7-13H2,1-2H3,(H,21,23). The molecular weight excluding hydrogens is 414 g/mol. The molecule has 2 N–H and O–H groups in total. The number of benzene rings is 1. The van der Waals surface area contributed by atoms with Crippen LogP contribution in [0.1, 0.15) is 39.5 Å². The Balaban J connectivity index is 1.50. The van der Waals surface area contributed by atoms with Crippen LogP contribution in [-0.4, -0.2) is 51.9 Å². The van der Waals surface area contributed by atoms with Crippen LogP contribution in [0.15, 0.2) is 29.2 Å². The first-order valence-corrected chi connectivity index (χ1v) is 13.0. The molecule has 1 aliphatic heterocycles. The molecule has 29 heavy (non-hydrogen) atoms. The fourth-order valence-corrected chi connectivity index (χ4v) is 6.25. The normalized spacial score (nSPS) is 19.4. The van der Waals surface area contributed by atoms with Crippen molar-refractivity contribution in [3.8, 4) is 0 Å². The van der Waals surface area contributed by atoms with E-state index in [2.05, 4.69) is 10.0 Å². The first-order chi connectivity index (χ1) is 13.6. The minimum atomic E-state index is -3.66. The van der Waals surface area contributed by atoms with E-state index in [0.717, 1.165) is 12.8 Å². The van der Waals surface area contributed by atoms with Crippen molar-refractivity contribution < 1.29 is 21.6 Å². The van der Waals surface area contributed by atoms with Crippen LogP contribution in [0.3, 0.4) is 0 Å². The molecule has 10 heteroatoms. The van der Waals surface area contributed by atoms with Gasteiger partial charge >= 0.3 is 0 Å². The second kappa shape index (κ2) is 8.71. The lowest BCUT2D eigenvalue weighted by molar-refractivity contribution is -0.118. The zero-order valence-electron chi connectivity index (χ0n) is 16.8. The fraction of sp³-hybridized carbons (Fsp3) is 0.632. The van der Waals surface area contributed by atoms with Crippen molar-refractivity contribution in [2.45, 2.75) is 49.7 Å². The maximum Gasteiger partial charge on any atom is 0.240 e. The van der Waals surface area contributed by atoms with Crippen LogP contribution in [0.4, 0.5) is 5.69 Å². The summed E-state index contributed by atoms with van der Waals surface area (Å²) in [4.78, 5) is 11.8. The lowest BCUT2D eigenvalue weighted by atomic mass is 9.99. The first-order valence-electron chi connectivity index (χ1n) is 9.99. The highest BCUT2D eigenvalue weighted by atomic mass is 32.2. The number of carbonyl (C=O) groups excluding carboxylic acids is 1. The van der Waals surface area contributed by atoms with Gasteiger partial charge in [-0.3, -0.25) is 4.79 Å². The Morgan fingerprint density at radius 1 is 1.03 bits per heavy atom. The molecule has 0 atom stereocenters. The molecule has 0 spiro atoms. The van der Waals surface area contributed by atoms with Crippen molar-refractivity contribution >= 4 is 31.6 Å². The highest BCUT2D eigenvalue weighted by Gasteiger charge is 2.41. The monoisotopic (exact) mass is 443 g/mol.